The van der Waals surface area contributed by atoms with Gasteiger partial charge < -0.3 is 4.74 Å². The van der Waals surface area contributed by atoms with Crippen molar-refractivity contribution in [1.82, 2.24) is 0 Å². The third-order valence-electron chi connectivity index (χ3n) is 2.68. The topological polar surface area (TPSA) is 9.23 Å². The molecule has 88 valence electrons. The van der Waals surface area contributed by atoms with Crippen molar-refractivity contribution in [3.05, 3.63) is 65.0 Å². The van der Waals surface area contributed by atoms with Gasteiger partial charge in [-0.1, -0.05) is 30.3 Å². The molecule has 2 rings (SSSR count). The molecule has 0 aliphatic heterocycles. The largest absolute Gasteiger partial charge is 0.489 e. The lowest BCUT2D eigenvalue weighted by Crippen LogP contribution is -1.99. The molecule has 0 fully saturated rings. The fraction of sp³-hybridized carbons (Fsp3) is 0.200. The Morgan fingerprint density at radius 1 is 1.06 bits per heavy atom. The van der Waals surface area contributed by atoms with Gasteiger partial charge in [0.2, 0.25) is 0 Å². The first-order chi connectivity index (χ1) is 8.16. The Labute approximate surface area is 101 Å². The highest BCUT2D eigenvalue weighted by atomic mass is 19.1. The molecule has 2 heteroatoms. The minimum Gasteiger partial charge on any atom is -0.489 e. The number of halogens is 1. The van der Waals surface area contributed by atoms with Gasteiger partial charge in [0, 0.05) is 5.56 Å². The molecule has 2 aromatic carbocycles. The van der Waals surface area contributed by atoms with Crippen molar-refractivity contribution < 1.29 is 9.13 Å². The first-order valence-corrected chi connectivity index (χ1v) is 5.60. The van der Waals surface area contributed by atoms with E-state index in [1.165, 1.54) is 6.07 Å². The van der Waals surface area contributed by atoms with Gasteiger partial charge in [-0.3, -0.25) is 0 Å². The van der Waals surface area contributed by atoms with Gasteiger partial charge in [0.15, 0.2) is 0 Å². The molecule has 0 aliphatic carbocycles. The van der Waals surface area contributed by atoms with Crippen molar-refractivity contribution in [2.75, 3.05) is 0 Å². The summed E-state index contributed by atoms with van der Waals surface area (Å²) in [6.07, 6.45) is 0. The maximum absolute atomic E-state index is 13.4. The Hall–Kier alpha value is -1.83. The summed E-state index contributed by atoms with van der Waals surface area (Å²) in [5, 5.41) is 0. The van der Waals surface area contributed by atoms with Crippen LogP contribution in [0.2, 0.25) is 0 Å². The molecule has 17 heavy (non-hydrogen) atoms. The van der Waals surface area contributed by atoms with Gasteiger partial charge in [0.1, 0.15) is 18.2 Å². The Morgan fingerprint density at radius 3 is 2.59 bits per heavy atom. The summed E-state index contributed by atoms with van der Waals surface area (Å²) in [4.78, 5) is 0. The molecular weight excluding hydrogens is 215 g/mol. The van der Waals surface area contributed by atoms with Crippen LogP contribution < -0.4 is 4.74 Å². The van der Waals surface area contributed by atoms with Crippen molar-refractivity contribution in [2.45, 2.75) is 20.5 Å². The summed E-state index contributed by atoms with van der Waals surface area (Å²) in [5.41, 5.74) is 2.78. The van der Waals surface area contributed by atoms with E-state index >= 15 is 0 Å². The molecule has 0 saturated heterocycles. The van der Waals surface area contributed by atoms with Crippen LogP contribution in [0.15, 0.2) is 42.5 Å². The molecule has 0 N–H and O–H groups in total. The van der Waals surface area contributed by atoms with Gasteiger partial charge in [0.05, 0.1) is 0 Å². The van der Waals surface area contributed by atoms with Crippen LogP contribution in [0.25, 0.3) is 0 Å². The highest BCUT2D eigenvalue weighted by Crippen LogP contribution is 2.20. The van der Waals surface area contributed by atoms with E-state index in [1.807, 2.05) is 38.1 Å². The third-order valence-corrected chi connectivity index (χ3v) is 2.68. The minimum atomic E-state index is -0.224. The van der Waals surface area contributed by atoms with E-state index in [2.05, 4.69) is 0 Å². The van der Waals surface area contributed by atoms with Crippen LogP contribution >= 0.6 is 0 Å². The Morgan fingerprint density at radius 2 is 1.82 bits per heavy atom. The van der Waals surface area contributed by atoms with Crippen LogP contribution in [0.1, 0.15) is 16.7 Å². The smallest absolute Gasteiger partial charge is 0.129 e. The predicted molar refractivity (Wildman–Crippen MR) is 66.6 cm³/mol. The predicted octanol–water partition coefficient (Wildman–Crippen LogP) is 4.02. The molecule has 0 amide bonds. The lowest BCUT2D eigenvalue weighted by atomic mass is 10.1. The molecule has 0 spiro atoms. The molecule has 0 unspecified atom stereocenters. The Bertz CT molecular complexity index is 520. The number of aryl methyl sites for hydroxylation is 2. The van der Waals surface area contributed by atoms with Gasteiger partial charge in [-0.25, -0.2) is 4.39 Å². The van der Waals surface area contributed by atoms with Crippen molar-refractivity contribution in [3.8, 4) is 5.75 Å². The maximum Gasteiger partial charge on any atom is 0.129 e. The summed E-state index contributed by atoms with van der Waals surface area (Å²) in [5.74, 6) is 0.589. The maximum atomic E-state index is 13.4. The van der Waals surface area contributed by atoms with E-state index in [0.717, 1.165) is 16.9 Å². The second-order valence-electron chi connectivity index (χ2n) is 4.15. The fourth-order valence-electron chi connectivity index (χ4n) is 1.63. The molecule has 0 aromatic heterocycles. The summed E-state index contributed by atoms with van der Waals surface area (Å²) >= 11 is 0. The van der Waals surface area contributed by atoms with E-state index in [9.17, 15) is 4.39 Å². The van der Waals surface area contributed by atoms with Crippen LogP contribution in [0.3, 0.4) is 0 Å². The van der Waals surface area contributed by atoms with Crippen molar-refractivity contribution in [3.63, 3.8) is 0 Å². The van der Waals surface area contributed by atoms with Gasteiger partial charge in [-0.05, 0) is 37.1 Å². The average molecular weight is 230 g/mol. The Balaban J connectivity index is 2.12. The molecule has 0 aliphatic rings. The SMILES string of the molecule is Cc1ccc(C)c(OCc2ccccc2F)c1. The highest BCUT2D eigenvalue weighted by Gasteiger charge is 2.03. The molecule has 0 heterocycles. The number of benzene rings is 2. The van der Waals surface area contributed by atoms with Crippen LogP contribution in [0.4, 0.5) is 4.39 Å². The van der Waals surface area contributed by atoms with E-state index < -0.39 is 0 Å². The first kappa shape index (κ1) is 11.6. The molecule has 0 saturated carbocycles. The zero-order valence-corrected chi connectivity index (χ0v) is 10.0. The molecular formula is C15H15FO. The summed E-state index contributed by atoms with van der Waals surface area (Å²) in [6.45, 7) is 4.25. The Kier molecular flexibility index (Phi) is 3.43. The monoisotopic (exact) mass is 230 g/mol. The quantitative estimate of drug-likeness (QED) is 0.773. The number of hydrogen-bond acceptors (Lipinski definition) is 1. The van der Waals surface area contributed by atoms with E-state index in [-0.39, 0.29) is 12.4 Å². The van der Waals surface area contributed by atoms with Gasteiger partial charge in [-0.15, -0.1) is 0 Å². The average Bonchev–Trinajstić information content (AvgIpc) is 2.32. The van der Waals surface area contributed by atoms with Crippen molar-refractivity contribution >= 4 is 0 Å². The van der Waals surface area contributed by atoms with Crippen LogP contribution in [0, 0.1) is 19.7 Å². The summed E-state index contributed by atoms with van der Waals surface area (Å²) < 4.78 is 19.0. The zero-order valence-electron chi connectivity index (χ0n) is 10.0. The first-order valence-electron chi connectivity index (χ1n) is 5.60. The number of rotatable bonds is 3. The summed E-state index contributed by atoms with van der Waals surface area (Å²) in [6, 6.07) is 12.7. The normalized spacial score (nSPS) is 10.3. The second kappa shape index (κ2) is 5.00. The number of hydrogen-bond donors (Lipinski definition) is 0. The van der Waals surface area contributed by atoms with Crippen molar-refractivity contribution in [2.24, 2.45) is 0 Å². The van der Waals surface area contributed by atoms with Gasteiger partial charge in [-0.2, -0.15) is 0 Å². The molecule has 1 nitrogen and oxygen atoms in total. The fourth-order valence-corrected chi connectivity index (χ4v) is 1.63. The second-order valence-corrected chi connectivity index (χ2v) is 4.15. The van der Waals surface area contributed by atoms with Crippen LogP contribution in [-0.4, -0.2) is 0 Å². The van der Waals surface area contributed by atoms with Crippen molar-refractivity contribution in [1.29, 1.82) is 0 Å². The zero-order chi connectivity index (χ0) is 12.3. The van der Waals surface area contributed by atoms with Gasteiger partial charge in [0.25, 0.3) is 0 Å². The van der Waals surface area contributed by atoms with E-state index in [4.69, 9.17) is 4.74 Å². The lowest BCUT2D eigenvalue weighted by Gasteiger charge is -2.10. The standard InChI is InChI=1S/C15H15FO/c1-11-7-8-12(2)15(9-11)17-10-13-5-3-4-6-14(13)16/h3-9H,10H2,1-2H3. The minimum absolute atomic E-state index is 0.224. The van der Waals surface area contributed by atoms with Crippen LogP contribution in [0.5, 0.6) is 5.75 Å². The molecule has 0 radical (unpaired) electrons. The molecule has 0 bridgehead atoms. The molecule has 0 atom stereocenters. The number of ether oxygens (including phenoxy) is 1. The molecule has 2 aromatic rings. The summed E-state index contributed by atoms with van der Waals surface area (Å²) in [7, 11) is 0. The van der Waals surface area contributed by atoms with Gasteiger partial charge >= 0.3 is 0 Å². The highest BCUT2D eigenvalue weighted by molar-refractivity contribution is 5.36. The third kappa shape index (κ3) is 2.84. The lowest BCUT2D eigenvalue weighted by molar-refractivity contribution is 0.297. The van der Waals surface area contributed by atoms with Crippen LogP contribution in [-0.2, 0) is 6.61 Å². The van der Waals surface area contributed by atoms with E-state index in [0.29, 0.717) is 5.56 Å². The van der Waals surface area contributed by atoms with E-state index in [1.54, 1.807) is 12.1 Å².